The molecular weight excluding hydrogens is 110 g/mol. The maximum atomic E-state index is 9.69. The van der Waals surface area contributed by atoms with Crippen LogP contribution in [-0.2, 0) is 4.79 Å². The molecule has 0 unspecified atom stereocenters. The summed E-state index contributed by atoms with van der Waals surface area (Å²) in [5.41, 5.74) is 0. The minimum atomic E-state index is 0.417. The molecule has 0 atom stereocenters. The largest absolute Gasteiger partial charge is 0.282 e. The summed E-state index contributed by atoms with van der Waals surface area (Å²) in [6.45, 7) is 0. The lowest BCUT2D eigenvalue weighted by Crippen LogP contribution is -1.70. The Hall–Kier alpha value is -0.700. The van der Waals surface area contributed by atoms with E-state index in [1.54, 1.807) is 17.9 Å². The Morgan fingerprint density at radius 2 is 2.71 bits per heavy atom. The highest BCUT2D eigenvalue weighted by Gasteiger charge is 1.86. The molecule has 1 aromatic rings. The molecule has 0 aliphatic carbocycles. The van der Waals surface area contributed by atoms with Crippen molar-refractivity contribution in [2.24, 2.45) is 0 Å². The van der Waals surface area contributed by atoms with Crippen molar-refractivity contribution in [2.75, 3.05) is 0 Å². The van der Waals surface area contributed by atoms with Crippen molar-refractivity contribution < 1.29 is 4.79 Å². The number of hydrogen-bond donors (Lipinski definition) is 0. The number of thiazole rings is 1. The standard InChI is InChI=1S/C4H2NOS/c6-3-4-5-1-2-7-4/h1-2H. The first-order chi connectivity index (χ1) is 3.43. The normalized spacial score (nSPS) is 8.57. The molecule has 2 nitrogen and oxygen atoms in total. The number of carbonyl (C=O) groups excluding carboxylic acids is 1. The van der Waals surface area contributed by atoms with Crippen LogP contribution in [0.5, 0.6) is 0 Å². The Bertz CT molecular complexity index is 147. The van der Waals surface area contributed by atoms with Gasteiger partial charge in [-0.05, 0) is 0 Å². The Labute approximate surface area is 44.8 Å². The summed E-state index contributed by atoms with van der Waals surface area (Å²) in [6.07, 6.45) is 3.24. The van der Waals surface area contributed by atoms with Gasteiger partial charge in [0.05, 0.1) is 0 Å². The maximum Gasteiger partial charge on any atom is 0.264 e. The van der Waals surface area contributed by atoms with Gasteiger partial charge in [-0.15, -0.1) is 11.3 Å². The summed E-state index contributed by atoms with van der Waals surface area (Å²) in [5, 5.41) is 2.15. The van der Waals surface area contributed by atoms with E-state index in [2.05, 4.69) is 4.98 Å². The van der Waals surface area contributed by atoms with E-state index in [1.165, 1.54) is 11.3 Å². The van der Waals surface area contributed by atoms with Gasteiger partial charge >= 0.3 is 0 Å². The molecular formula is C4H2NOS. The third-order valence-corrected chi connectivity index (χ3v) is 1.19. The zero-order valence-electron chi connectivity index (χ0n) is 3.42. The number of aromatic nitrogens is 1. The van der Waals surface area contributed by atoms with Crippen LogP contribution in [0.2, 0.25) is 0 Å². The van der Waals surface area contributed by atoms with Gasteiger partial charge in [0.15, 0.2) is 5.01 Å². The summed E-state index contributed by atoms with van der Waals surface area (Å²) >= 11 is 1.29. The zero-order chi connectivity index (χ0) is 5.11. The van der Waals surface area contributed by atoms with Crippen molar-refractivity contribution in [1.29, 1.82) is 0 Å². The Morgan fingerprint density at radius 1 is 1.86 bits per heavy atom. The lowest BCUT2D eigenvalue weighted by Gasteiger charge is -1.63. The van der Waals surface area contributed by atoms with E-state index in [0.717, 1.165) is 0 Å². The van der Waals surface area contributed by atoms with Crippen molar-refractivity contribution in [3.8, 4) is 0 Å². The molecule has 0 aliphatic rings. The van der Waals surface area contributed by atoms with Gasteiger partial charge in [-0.1, -0.05) is 0 Å². The molecule has 0 aromatic carbocycles. The minimum Gasteiger partial charge on any atom is -0.282 e. The Morgan fingerprint density at radius 3 is 3.00 bits per heavy atom. The molecule has 1 radical (unpaired) electrons. The highest BCUT2D eigenvalue weighted by atomic mass is 32.1. The van der Waals surface area contributed by atoms with E-state index < -0.39 is 0 Å². The first-order valence-corrected chi connectivity index (χ1v) is 2.59. The van der Waals surface area contributed by atoms with Crippen LogP contribution in [0.15, 0.2) is 11.6 Å². The van der Waals surface area contributed by atoms with E-state index >= 15 is 0 Å². The second-order valence-electron chi connectivity index (χ2n) is 0.939. The van der Waals surface area contributed by atoms with E-state index in [4.69, 9.17) is 0 Å². The van der Waals surface area contributed by atoms with Gasteiger partial charge in [0.25, 0.3) is 6.29 Å². The number of nitrogens with zero attached hydrogens (tertiary/aromatic N) is 1. The molecule has 0 bridgehead atoms. The summed E-state index contributed by atoms with van der Waals surface area (Å²) in [6, 6.07) is 0. The van der Waals surface area contributed by atoms with Crippen LogP contribution in [0.3, 0.4) is 0 Å². The van der Waals surface area contributed by atoms with Crippen LogP contribution in [-0.4, -0.2) is 11.3 Å². The van der Waals surface area contributed by atoms with E-state index in [-0.39, 0.29) is 0 Å². The number of hydrogen-bond acceptors (Lipinski definition) is 3. The topological polar surface area (TPSA) is 30.0 Å². The van der Waals surface area contributed by atoms with Crippen molar-refractivity contribution in [3.63, 3.8) is 0 Å². The summed E-state index contributed by atoms with van der Waals surface area (Å²) < 4.78 is 0. The van der Waals surface area contributed by atoms with Gasteiger partial charge in [-0.25, -0.2) is 4.98 Å². The lowest BCUT2D eigenvalue weighted by molar-refractivity contribution is 0.562. The van der Waals surface area contributed by atoms with Crippen LogP contribution in [0.4, 0.5) is 0 Å². The smallest absolute Gasteiger partial charge is 0.264 e. The van der Waals surface area contributed by atoms with Gasteiger partial charge in [0.2, 0.25) is 0 Å². The van der Waals surface area contributed by atoms with E-state index in [1.807, 2.05) is 0 Å². The molecule has 3 heteroatoms. The second kappa shape index (κ2) is 1.84. The van der Waals surface area contributed by atoms with E-state index in [9.17, 15) is 4.79 Å². The molecule has 7 heavy (non-hydrogen) atoms. The summed E-state index contributed by atoms with van der Waals surface area (Å²) in [5.74, 6) is 0. The Balaban J connectivity index is 2.96. The highest BCUT2D eigenvalue weighted by molar-refractivity contribution is 7.11. The Kier molecular flexibility index (Phi) is 1.17. The average Bonchev–Trinajstić information content (AvgIpc) is 2.14. The molecule has 0 saturated heterocycles. The van der Waals surface area contributed by atoms with Gasteiger partial charge < -0.3 is 0 Å². The van der Waals surface area contributed by atoms with Gasteiger partial charge in [-0.3, -0.25) is 4.79 Å². The highest BCUT2D eigenvalue weighted by Crippen LogP contribution is 1.97. The molecule has 0 aliphatic heterocycles. The van der Waals surface area contributed by atoms with Crippen LogP contribution in [0.25, 0.3) is 0 Å². The first kappa shape index (κ1) is 4.46. The van der Waals surface area contributed by atoms with Crippen molar-refractivity contribution in [2.45, 2.75) is 0 Å². The zero-order valence-corrected chi connectivity index (χ0v) is 4.23. The van der Waals surface area contributed by atoms with Crippen molar-refractivity contribution >= 4 is 17.6 Å². The molecule has 0 spiro atoms. The fourth-order valence-corrected chi connectivity index (χ4v) is 0.694. The first-order valence-electron chi connectivity index (χ1n) is 1.71. The maximum absolute atomic E-state index is 9.69. The quantitative estimate of drug-likeness (QED) is 0.532. The molecule has 0 amide bonds. The summed E-state index contributed by atoms with van der Waals surface area (Å²) in [4.78, 5) is 13.3. The van der Waals surface area contributed by atoms with Crippen LogP contribution in [0.1, 0.15) is 5.01 Å². The molecule has 0 fully saturated rings. The SMILES string of the molecule is O=[C]c1nccs1. The number of rotatable bonds is 1. The molecule has 1 aromatic heterocycles. The lowest BCUT2D eigenvalue weighted by atomic mass is 10.8. The molecule has 0 N–H and O–H groups in total. The molecule has 0 saturated carbocycles. The fourth-order valence-electron chi connectivity index (χ4n) is 0.274. The van der Waals surface area contributed by atoms with Gasteiger partial charge in [-0.2, -0.15) is 0 Å². The van der Waals surface area contributed by atoms with Crippen LogP contribution < -0.4 is 0 Å². The molecule has 35 valence electrons. The molecule has 1 heterocycles. The van der Waals surface area contributed by atoms with Crippen LogP contribution in [0, 0.1) is 0 Å². The third kappa shape index (κ3) is 0.838. The predicted molar refractivity (Wildman–Crippen MR) is 26.9 cm³/mol. The average molecular weight is 112 g/mol. The van der Waals surface area contributed by atoms with Gasteiger partial charge in [0.1, 0.15) is 0 Å². The van der Waals surface area contributed by atoms with Crippen LogP contribution >= 0.6 is 11.3 Å². The third-order valence-electron chi connectivity index (χ3n) is 0.520. The van der Waals surface area contributed by atoms with Crippen molar-refractivity contribution in [3.05, 3.63) is 16.6 Å². The molecule has 1 rings (SSSR count). The predicted octanol–water partition coefficient (Wildman–Crippen LogP) is 0.601. The monoisotopic (exact) mass is 112 g/mol. The summed E-state index contributed by atoms with van der Waals surface area (Å²) in [7, 11) is 0. The van der Waals surface area contributed by atoms with Gasteiger partial charge in [0, 0.05) is 11.6 Å². The fraction of sp³-hybridized carbons (Fsp3) is 0. The van der Waals surface area contributed by atoms with Crippen molar-refractivity contribution in [1.82, 2.24) is 4.98 Å². The van der Waals surface area contributed by atoms with E-state index in [0.29, 0.717) is 5.01 Å². The second-order valence-corrected chi connectivity index (χ2v) is 1.83. The minimum absolute atomic E-state index is 0.417.